The number of pyridine rings is 1. The van der Waals surface area contributed by atoms with E-state index < -0.39 is 11.9 Å². The number of ether oxygens (including phenoxy) is 2. The molecule has 1 amide bonds. The maximum absolute atomic E-state index is 12.7. The third-order valence-corrected chi connectivity index (χ3v) is 6.54. The summed E-state index contributed by atoms with van der Waals surface area (Å²) < 4.78 is 11.5. The van der Waals surface area contributed by atoms with Crippen molar-refractivity contribution in [2.45, 2.75) is 12.3 Å². The molecule has 0 radical (unpaired) electrons. The quantitative estimate of drug-likeness (QED) is 0.275. The third kappa shape index (κ3) is 5.38. The van der Waals surface area contributed by atoms with Crippen molar-refractivity contribution in [2.24, 2.45) is 0 Å². The number of nitrogens with zero attached hydrogens (tertiary/aromatic N) is 1. The molecule has 0 spiro atoms. The van der Waals surface area contributed by atoms with Gasteiger partial charge in [-0.15, -0.1) is 0 Å². The Hall–Kier alpha value is -4.07. The first-order valence-electron chi connectivity index (χ1n) is 11.4. The number of carbonyl (C=O) groups excluding carboxylic acids is 1. The molecule has 0 bridgehead atoms. The number of aromatic nitrogens is 1. The monoisotopic (exact) mass is 534 g/mol. The normalized spacial score (nSPS) is 14.3. The van der Waals surface area contributed by atoms with Gasteiger partial charge in [-0.25, -0.2) is 0 Å². The van der Waals surface area contributed by atoms with Crippen molar-refractivity contribution in [2.75, 3.05) is 11.9 Å². The van der Waals surface area contributed by atoms with Crippen LogP contribution in [0.15, 0.2) is 79.0 Å². The molecular formula is C28H20Cl2N2O5. The minimum Gasteiger partial charge on any atom is -0.493 e. The number of fused-ring (bicyclic) bond motifs is 1. The number of amides is 1. The summed E-state index contributed by atoms with van der Waals surface area (Å²) in [6, 6.07) is 20.6. The molecule has 0 saturated heterocycles. The molecular weight excluding hydrogens is 515 g/mol. The van der Waals surface area contributed by atoms with Gasteiger partial charge in [0.1, 0.15) is 17.2 Å². The van der Waals surface area contributed by atoms with E-state index in [1.54, 1.807) is 60.8 Å². The minimum atomic E-state index is -0.921. The second-order valence-corrected chi connectivity index (χ2v) is 9.16. The van der Waals surface area contributed by atoms with Crippen LogP contribution in [0.5, 0.6) is 17.2 Å². The second kappa shape index (κ2) is 10.5. The van der Waals surface area contributed by atoms with E-state index in [1.165, 1.54) is 0 Å². The minimum absolute atomic E-state index is 0.269. The summed E-state index contributed by atoms with van der Waals surface area (Å²) in [5.41, 5.74) is 3.01. The lowest BCUT2D eigenvalue weighted by molar-refractivity contribution is -0.139. The Bertz CT molecular complexity index is 1470. The van der Waals surface area contributed by atoms with Crippen LogP contribution in [-0.2, 0) is 4.79 Å². The van der Waals surface area contributed by atoms with E-state index in [1.807, 2.05) is 18.2 Å². The van der Waals surface area contributed by atoms with Crippen molar-refractivity contribution < 1.29 is 24.2 Å². The molecule has 1 atom stereocenters. The van der Waals surface area contributed by atoms with Crippen molar-refractivity contribution >= 4 is 40.8 Å². The van der Waals surface area contributed by atoms with Crippen LogP contribution in [0.25, 0.3) is 11.3 Å². The molecule has 2 heterocycles. The fourth-order valence-corrected chi connectivity index (χ4v) is 4.47. The predicted molar refractivity (Wildman–Crippen MR) is 141 cm³/mol. The molecule has 9 heteroatoms. The van der Waals surface area contributed by atoms with Crippen LogP contribution < -0.4 is 14.8 Å². The Morgan fingerprint density at radius 1 is 1.00 bits per heavy atom. The number of carbonyl (C=O) groups is 2. The average Bonchev–Trinajstić information content (AvgIpc) is 2.90. The highest BCUT2D eigenvalue weighted by Crippen LogP contribution is 2.41. The second-order valence-electron chi connectivity index (χ2n) is 8.34. The van der Waals surface area contributed by atoms with Crippen molar-refractivity contribution in [3.63, 3.8) is 0 Å². The van der Waals surface area contributed by atoms with Crippen molar-refractivity contribution in [1.29, 1.82) is 0 Å². The molecule has 4 aromatic rings. The molecule has 3 aromatic carbocycles. The Labute approximate surface area is 222 Å². The summed E-state index contributed by atoms with van der Waals surface area (Å²) in [6.07, 6.45) is 1.95. The van der Waals surface area contributed by atoms with Gasteiger partial charge in [0, 0.05) is 27.8 Å². The summed E-state index contributed by atoms with van der Waals surface area (Å²) in [5.74, 6) is -0.684. The zero-order valence-electron chi connectivity index (χ0n) is 19.3. The van der Waals surface area contributed by atoms with Gasteiger partial charge in [-0.3, -0.25) is 14.6 Å². The standard InChI is InChI=1S/C28H20Cl2N2O5/c29-22-4-2-1-3-20(22)24-10-7-17(15-31-24)32-27(33)16-5-8-18(9-6-16)37-26-14-25-21(13-23(26)30)19(28(34)35)11-12-36-25/h1-10,13-15,19H,11-12H2,(H,32,33)(H,34,35). The van der Waals surface area contributed by atoms with Crippen LogP contribution in [0.4, 0.5) is 5.69 Å². The molecule has 1 aromatic heterocycles. The Kier molecular flexibility index (Phi) is 6.99. The molecule has 37 heavy (non-hydrogen) atoms. The van der Waals surface area contributed by atoms with E-state index in [-0.39, 0.29) is 10.9 Å². The van der Waals surface area contributed by atoms with Crippen LogP contribution in [0.3, 0.4) is 0 Å². The van der Waals surface area contributed by atoms with Gasteiger partial charge in [0.15, 0.2) is 0 Å². The Balaban J connectivity index is 1.26. The van der Waals surface area contributed by atoms with Crippen LogP contribution >= 0.6 is 23.2 Å². The number of hydrogen-bond donors (Lipinski definition) is 2. The topological polar surface area (TPSA) is 97.8 Å². The van der Waals surface area contributed by atoms with Crippen LogP contribution in [0.2, 0.25) is 10.0 Å². The lowest BCUT2D eigenvalue weighted by Crippen LogP contribution is -2.20. The average molecular weight is 535 g/mol. The molecule has 0 saturated carbocycles. The lowest BCUT2D eigenvalue weighted by atomic mass is 9.93. The summed E-state index contributed by atoms with van der Waals surface area (Å²) >= 11 is 12.6. The summed E-state index contributed by atoms with van der Waals surface area (Å²) in [5, 5.41) is 13.1. The molecule has 186 valence electrons. The van der Waals surface area contributed by atoms with Gasteiger partial charge < -0.3 is 19.9 Å². The number of rotatable bonds is 6. The van der Waals surface area contributed by atoms with Crippen molar-refractivity contribution in [1.82, 2.24) is 4.98 Å². The molecule has 1 unspecified atom stereocenters. The van der Waals surface area contributed by atoms with Gasteiger partial charge >= 0.3 is 5.97 Å². The first-order chi connectivity index (χ1) is 17.9. The number of carboxylic acid groups (broad SMARTS) is 1. The lowest BCUT2D eigenvalue weighted by Gasteiger charge is -2.24. The highest BCUT2D eigenvalue weighted by Gasteiger charge is 2.29. The van der Waals surface area contributed by atoms with E-state index in [9.17, 15) is 14.7 Å². The number of anilines is 1. The number of nitrogens with one attached hydrogen (secondary N) is 1. The highest BCUT2D eigenvalue weighted by molar-refractivity contribution is 6.33. The third-order valence-electron chi connectivity index (χ3n) is 5.92. The van der Waals surface area contributed by atoms with Gasteiger partial charge in [-0.2, -0.15) is 0 Å². The zero-order chi connectivity index (χ0) is 25.9. The number of hydrogen-bond acceptors (Lipinski definition) is 5. The Morgan fingerprint density at radius 2 is 1.78 bits per heavy atom. The summed E-state index contributed by atoms with van der Waals surface area (Å²) in [7, 11) is 0. The SMILES string of the molecule is O=C(Nc1ccc(-c2ccccc2Cl)nc1)c1ccc(Oc2cc3c(cc2Cl)C(C(=O)O)CCO3)cc1. The number of benzene rings is 3. The van der Waals surface area contributed by atoms with Crippen molar-refractivity contribution in [3.8, 4) is 28.5 Å². The molecule has 7 nitrogen and oxygen atoms in total. The van der Waals surface area contributed by atoms with Gasteiger partial charge in [-0.05, 0) is 55.0 Å². The Morgan fingerprint density at radius 3 is 2.49 bits per heavy atom. The zero-order valence-corrected chi connectivity index (χ0v) is 20.8. The van der Waals surface area contributed by atoms with Crippen molar-refractivity contribution in [3.05, 3.63) is 100 Å². The first kappa shape index (κ1) is 24.6. The first-order valence-corrected chi connectivity index (χ1v) is 12.1. The largest absolute Gasteiger partial charge is 0.493 e. The van der Waals surface area contributed by atoms with Crippen LogP contribution in [0.1, 0.15) is 28.3 Å². The van der Waals surface area contributed by atoms with E-state index >= 15 is 0 Å². The van der Waals surface area contributed by atoms with Crippen LogP contribution in [0, 0.1) is 0 Å². The van der Waals surface area contributed by atoms with Gasteiger partial charge in [0.25, 0.3) is 5.91 Å². The highest BCUT2D eigenvalue weighted by atomic mass is 35.5. The van der Waals surface area contributed by atoms with Gasteiger partial charge in [0.05, 0.1) is 35.1 Å². The maximum atomic E-state index is 12.7. The van der Waals surface area contributed by atoms with Gasteiger partial charge in [0.2, 0.25) is 0 Å². The smallest absolute Gasteiger partial charge is 0.311 e. The van der Waals surface area contributed by atoms with Gasteiger partial charge in [-0.1, -0.05) is 41.4 Å². The predicted octanol–water partition coefficient (Wildman–Crippen LogP) is 7.05. The van der Waals surface area contributed by atoms with E-state index in [4.69, 9.17) is 32.7 Å². The molecule has 5 rings (SSSR count). The van der Waals surface area contributed by atoms with E-state index in [2.05, 4.69) is 10.3 Å². The van der Waals surface area contributed by atoms with E-state index in [0.29, 0.717) is 57.8 Å². The molecule has 2 N–H and O–H groups in total. The summed E-state index contributed by atoms with van der Waals surface area (Å²) in [4.78, 5) is 28.6. The maximum Gasteiger partial charge on any atom is 0.311 e. The molecule has 1 aliphatic heterocycles. The van der Waals surface area contributed by atoms with E-state index in [0.717, 1.165) is 5.56 Å². The number of aliphatic carboxylic acids is 1. The fraction of sp³-hybridized carbons (Fsp3) is 0.107. The summed E-state index contributed by atoms with van der Waals surface area (Å²) in [6.45, 7) is 0.299. The number of halogens is 2. The number of carboxylic acids is 1. The fourth-order valence-electron chi connectivity index (χ4n) is 4.03. The molecule has 0 aliphatic carbocycles. The van der Waals surface area contributed by atoms with Crippen LogP contribution in [-0.4, -0.2) is 28.6 Å². The molecule has 1 aliphatic rings. The molecule has 0 fully saturated rings.